The van der Waals surface area contributed by atoms with E-state index in [1.807, 2.05) is 127 Å². The molecule has 0 spiro atoms. The Labute approximate surface area is 326 Å². The maximum atomic E-state index is 12.3. The standard InChI is InChI=1S/C48H56O7/c1-47(2,3)37-27-38(48(4,5)6)42(50)40(41(37)49)44-46(54-31-36-25-17-10-18-26-36)45(53-30-35-23-15-9-16-24-35)43(52-29-34-21-13-8-14-22-34)39(55-44)32-51-28-33-19-11-7-12-20-33/h7-27,39,43-46,49-50H,28-32H2,1-6H3/t39-,43-,44-,45+,46-/m1/s1. The Morgan fingerprint density at radius 3 is 1.25 bits per heavy atom. The molecule has 0 aromatic heterocycles. The van der Waals surface area contributed by atoms with Gasteiger partial charge in [0, 0.05) is 11.1 Å². The summed E-state index contributed by atoms with van der Waals surface area (Å²) in [4.78, 5) is 0. The smallest absolute Gasteiger partial charge is 0.128 e. The average molecular weight is 745 g/mol. The van der Waals surface area contributed by atoms with E-state index in [1.54, 1.807) is 0 Å². The number of hydrogen-bond donors (Lipinski definition) is 2. The molecular formula is C48H56O7. The van der Waals surface area contributed by atoms with Crippen LogP contribution in [0.1, 0.15) is 86.6 Å². The first-order valence-electron chi connectivity index (χ1n) is 19.2. The van der Waals surface area contributed by atoms with Crippen molar-refractivity contribution >= 4 is 0 Å². The normalized spacial score (nSPS) is 20.4. The summed E-state index contributed by atoms with van der Waals surface area (Å²) in [6.07, 6.45) is -3.84. The van der Waals surface area contributed by atoms with Crippen molar-refractivity contribution in [2.45, 2.75) is 109 Å². The molecule has 5 aromatic rings. The van der Waals surface area contributed by atoms with Crippen LogP contribution in [0.5, 0.6) is 11.5 Å². The zero-order valence-electron chi connectivity index (χ0n) is 33.0. The zero-order chi connectivity index (χ0) is 39.0. The Kier molecular flexibility index (Phi) is 13.1. The van der Waals surface area contributed by atoms with Gasteiger partial charge in [-0.25, -0.2) is 0 Å². The zero-order valence-corrected chi connectivity index (χ0v) is 33.0. The van der Waals surface area contributed by atoms with E-state index >= 15 is 0 Å². The first-order chi connectivity index (χ1) is 26.4. The third-order valence-electron chi connectivity index (χ3n) is 10.1. The molecule has 290 valence electrons. The van der Waals surface area contributed by atoms with Crippen LogP contribution < -0.4 is 0 Å². The first kappa shape index (κ1) is 40.2. The second-order valence-electron chi connectivity index (χ2n) is 16.5. The van der Waals surface area contributed by atoms with Gasteiger partial charge in [-0.2, -0.15) is 0 Å². The van der Waals surface area contributed by atoms with E-state index in [-0.39, 0.29) is 36.9 Å². The fourth-order valence-corrected chi connectivity index (χ4v) is 7.12. The predicted molar refractivity (Wildman–Crippen MR) is 216 cm³/mol. The summed E-state index contributed by atoms with van der Waals surface area (Å²) >= 11 is 0. The first-order valence-corrected chi connectivity index (χ1v) is 19.2. The van der Waals surface area contributed by atoms with Gasteiger partial charge < -0.3 is 33.9 Å². The van der Waals surface area contributed by atoms with Crippen LogP contribution in [0.4, 0.5) is 0 Å². The van der Waals surface area contributed by atoms with Crippen LogP contribution in [0.25, 0.3) is 0 Å². The van der Waals surface area contributed by atoms with E-state index in [1.165, 1.54) is 0 Å². The number of phenols is 2. The summed E-state index contributed by atoms with van der Waals surface area (Å²) in [6, 6.07) is 41.9. The van der Waals surface area contributed by atoms with Crippen molar-refractivity contribution < 1.29 is 33.9 Å². The van der Waals surface area contributed by atoms with Gasteiger partial charge in [-0.3, -0.25) is 0 Å². The van der Waals surface area contributed by atoms with E-state index in [4.69, 9.17) is 23.7 Å². The third-order valence-corrected chi connectivity index (χ3v) is 10.1. The Balaban J connectivity index is 1.49. The molecule has 0 unspecified atom stereocenters. The molecule has 1 heterocycles. The lowest BCUT2D eigenvalue weighted by molar-refractivity contribution is -0.275. The minimum absolute atomic E-state index is 0.0225. The molecule has 55 heavy (non-hydrogen) atoms. The van der Waals surface area contributed by atoms with Gasteiger partial charge in [0.1, 0.15) is 42.0 Å². The maximum absolute atomic E-state index is 12.3. The highest BCUT2D eigenvalue weighted by atomic mass is 16.6. The van der Waals surface area contributed by atoms with Gasteiger partial charge in [-0.15, -0.1) is 0 Å². The van der Waals surface area contributed by atoms with Crippen LogP contribution in [0.15, 0.2) is 127 Å². The molecule has 0 radical (unpaired) electrons. The summed E-state index contributed by atoms with van der Waals surface area (Å²) in [5, 5.41) is 24.5. The fourth-order valence-electron chi connectivity index (χ4n) is 7.12. The SMILES string of the molecule is CC(C)(C)c1cc(C(C)(C)C)c(O)c([C@H]2O[C@H](COCc3ccccc3)[C@@H](OCc3ccccc3)[C@H](OCc3ccccc3)[C@@H]2OCc2ccccc2)c1O. The summed E-state index contributed by atoms with van der Waals surface area (Å²) in [5.74, 6) is -0.0449. The molecule has 2 N–H and O–H groups in total. The van der Waals surface area contributed by atoms with E-state index in [2.05, 4.69) is 41.5 Å². The molecule has 0 saturated carbocycles. The molecule has 1 aliphatic rings. The Morgan fingerprint density at radius 1 is 0.491 bits per heavy atom. The summed E-state index contributed by atoms with van der Waals surface area (Å²) in [7, 11) is 0. The van der Waals surface area contributed by atoms with Crippen molar-refractivity contribution in [2.75, 3.05) is 6.61 Å². The van der Waals surface area contributed by atoms with Gasteiger partial charge >= 0.3 is 0 Å². The lowest BCUT2D eigenvalue weighted by Gasteiger charge is -2.47. The molecule has 6 rings (SSSR count). The molecule has 0 bridgehead atoms. The van der Waals surface area contributed by atoms with Crippen LogP contribution in [-0.4, -0.2) is 41.2 Å². The highest BCUT2D eigenvalue weighted by molar-refractivity contribution is 5.58. The van der Waals surface area contributed by atoms with E-state index in [0.717, 1.165) is 22.3 Å². The molecule has 0 amide bonds. The quantitative estimate of drug-likeness (QED) is 0.117. The van der Waals surface area contributed by atoms with Gasteiger partial charge in [-0.05, 0) is 39.2 Å². The highest BCUT2D eigenvalue weighted by Gasteiger charge is 2.51. The van der Waals surface area contributed by atoms with Gasteiger partial charge in [0.15, 0.2) is 0 Å². The molecule has 7 heteroatoms. The second-order valence-corrected chi connectivity index (χ2v) is 16.5. The average Bonchev–Trinajstić information content (AvgIpc) is 3.16. The molecule has 5 aromatic carbocycles. The minimum atomic E-state index is -0.963. The minimum Gasteiger partial charge on any atom is -0.507 e. The number of phenolic OH excluding ortho intramolecular Hbond substituents is 2. The Bertz CT molecular complexity index is 1880. The lowest BCUT2D eigenvalue weighted by atomic mass is 9.76. The number of ether oxygens (including phenoxy) is 5. The maximum Gasteiger partial charge on any atom is 0.128 e. The number of benzene rings is 5. The van der Waals surface area contributed by atoms with Crippen molar-refractivity contribution in [1.82, 2.24) is 0 Å². The van der Waals surface area contributed by atoms with Crippen molar-refractivity contribution in [3.8, 4) is 11.5 Å². The van der Waals surface area contributed by atoms with Crippen LogP contribution in [0.3, 0.4) is 0 Å². The Hall–Kier alpha value is -4.50. The summed E-state index contributed by atoms with van der Waals surface area (Å²) < 4.78 is 34.2. The van der Waals surface area contributed by atoms with E-state index in [9.17, 15) is 10.2 Å². The number of aromatic hydroxyl groups is 2. The third kappa shape index (κ3) is 10.2. The second kappa shape index (κ2) is 18.0. The lowest BCUT2D eigenvalue weighted by Crippen LogP contribution is -2.58. The monoisotopic (exact) mass is 744 g/mol. The van der Waals surface area contributed by atoms with Gasteiger partial charge in [0.05, 0.1) is 38.6 Å². The summed E-state index contributed by atoms with van der Waals surface area (Å²) in [6.45, 7) is 13.7. The molecule has 0 aliphatic carbocycles. The van der Waals surface area contributed by atoms with Crippen molar-refractivity contribution in [3.05, 3.63) is 166 Å². The number of rotatable bonds is 14. The van der Waals surface area contributed by atoms with Crippen LogP contribution in [0.2, 0.25) is 0 Å². The molecular weight excluding hydrogens is 689 g/mol. The topological polar surface area (TPSA) is 86.6 Å². The number of hydrogen-bond acceptors (Lipinski definition) is 7. The molecule has 5 atom stereocenters. The Morgan fingerprint density at radius 2 is 0.855 bits per heavy atom. The van der Waals surface area contributed by atoms with E-state index in [0.29, 0.717) is 24.3 Å². The molecule has 1 fully saturated rings. The van der Waals surface area contributed by atoms with Gasteiger partial charge in [-0.1, -0.05) is 163 Å². The van der Waals surface area contributed by atoms with Gasteiger partial charge in [0.25, 0.3) is 0 Å². The van der Waals surface area contributed by atoms with Crippen LogP contribution in [-0.2, 0) is 60.9 Å². The molecule has 1 aliphatic heterocycles. The van der Waals surface area contributed by atoms with Crippen molar-refractivity contribution in [1.29, 1.82) is 0 Å². The largest absolute Gasteiger partial charge is 0.507 e. The fraction of sp³-hybridized carbons (Fsp3) is 0.375. The van der Waals surface area contributed by atoms with E-state index < -0.39 is 41.3 Å². The molecule has 7 nitrogen and oxygen atoms in total. The van der Waals surface area contributed by atoms with Crippen molar-refractivity contribution in [3.63, 3.8) is 0 Å². The predicted octanol–water partition coefficient (Wildman–Crippen LogP) is 10.1. The van der Waals surface area contributed by atoms with Crippen LogP contribution in [0, 0.1) is 0 Å². The highest BCUT2D eigenvalue weighted by Crippen LogP contribution is 2.51. The molecule has 1 saturated heterocycles. The summed E-state index contributed by atoms with van der Waals surface area (Å²) in [5.41, 5.74) is 4.76. The van der Waals surface area contributed by atoms with Gasteiger partial charge in [0.2, 0.25) is 0 Å². The van der Waals surface area contributed by atoms with Crippen molar-refractivity contribution in [2.24, 2.45) is 0 Å². The van der Waals surface area contributed by atoms with Crippen LogP contribution >= 0.6 is 0 Å².